The van der Waals surface area contributed by atoms with Gasteiger partial charge in [0.1, 0.15) is 11.4 Å². The van der Waals surface area contributed by atoms with Crippen LogP contribution in [0.1, 0.15) is 18.7 Å². The van der Waals surface area contributed by atoms with E-state index in [0.717, 1.165) is 12.3 Å². The van der Waals surface area contributed by atoms with Crippen LogP contribution < -0.4 is 5.73 Å². The van der Waals surface area contributed by atoms with E-state index < -0.39 is 27.1 Å². The SMILES string of the molecule is CC(C)(O)C(N)=C(Cl)C(=Nc1cccc(F)c1F)c1ccc(-c2cccc(S(C)(=O)=O)c2)s1. The largest absolute Gasteiger partial charge is 0.398 e. The van der Waals surface area contributed by atoms with Gasteiger partial charge in [0.2, 0.25) is 0 Å². The summed E-state index contributed by atoms with van der Waals surface area (Å²) >= 11 is 7.68. The Balaban J connectivity index is 2.19. The maximum atomic E-state index is 14.3. The molecule has 0 fully saturated rings. The molecule has 1 aromatic heterocycles. The third kappa shape index (κ3) is 5.67. The van der Waals surface area contributed by atoms with Gasteiger partial charge in [0, 0.05) is 11.1 Å². The molecule has 0 radical (unpaired) electrons. The molecule has 0 aliphatic heterocycles. The number of hydrogen-bond acceptors (Lipinski definition) is 6. The molecular weight excluding hydrogens is 490 g/mol. The molecule has 174 valence electrons. The second-order valence-electron chi connectivity index (χ2n) is 7.78. The van der Waals surface area contributed by atoms with Crippen LogP contribution >= 0.6 is 22.9 Å². The Morgan fingerprint density at radius 2 is 1.79 bits per heavy atom. The van der Waals surface area contributed by atoms with Crippen molar-refractivity contribution < 1.29 is 22.3 Å². The molecule has 0 saturated carbocycles. The van der Waals surface area contributed by atoms with Gasteiger partial charge in [-0.15, -0.1) is 11.3 Å². The van der Waals surface area contributed by atoms with E-state index in [1.54, 1.807) is 24.3 Å². The molecule has 0 spiro atoms. The van der Waals surface area contributed by atoms with E-state index in [1.807, 2.05) is 0 Å². The summed E-state index contributed by atoms with van der Waals surface area (Å²) in [4.78, 5) is 5.53. The lowest BCUT2D eigenvalue weighted by atomic mass is 10.0. The van der Waals surface area contributed by atoms with Crippen molar-refractivity contribution in [2.75, 3.05) is 6.26 Å². The first-order chi connectivity index (χ1) is 15.3. The second kappa shape index (κ2) is 9.34. The molecule has 3 rings (SSSR count). The molecular formula is C23H21ClF2N2O3S2. The average Bonchev–Trinajstić information content (AvgIpc) is 3.22. The zero-order valence-corrected chi connectivity index (χ0v) is 20.3. The highest BCUT2D eigenvalue weighted by Gasteiger charge is 2.25. The highest BCUT2D eigenvalue weighted by molar-refractivity contribution is 7.90. The van der Waals surface area contributed by atoms with Crippen molar-refractivity contribution in [3.8, 4) is 10.4 Å². The van der Waals surface area contributed by atoms with Gasteiger partial charge in [0.15, 0.2) is 21.5 Å². The van der Waals surface area contributed by atoms with Crippen molar-refractivity contribution in [3.05, 3.63) is 81.8 Å². The number of allylic oxidation sites excluding steroid dienone is 1. The van der Waals surface area contributed by atoms with Crippen LogP contribution in [0.15, 0.2) is 75.2 Å². The zero-order chi connectivity index (χ0) is 24.6. The molecule has 0 bridgehead atoms. The first-order valence-corrected chi connectivity index (χ1v) is 12.7. The molecule has 0 atom stereocenters. The fourth-order valence-corrected chi connectivity index (χ4v) is 4.90. The standard InChI is InChI=1S/C23H21ClF2N2O3S2/c1-23(2,29)22(27)19(24)21(28-16-9-5-8-15(25)20(16)26)18-11-10-17(32-18)13-6-4-7-14(12-13)33(3,30)31/h4-12,29H,27H2,1-3H3. The Morgan fingerprint density at radius 1 is 1.12 bits per heavy atom. The first-order valence-electron chi connectivity index (χ1n) is 9.61. The van der Waals surface area contributed by atoms with E-state index in [2.05, 4.69) is 4.99 Å². The van der Waals surface area contributed by atoms with Crippen LogP contribution in [0.2, 0.25) is 0 Å². The highest BCUT2D eigenvalue weighted by Crippen LogP contribution is 2.34. The summed E-state index contributed by atoms with van der Waals surface area (Å²) in [6.45, 7) is 2.86. The third-order valence-corrected chi connectivity index (χ3v) is 7.29. The highest BCUT2D eigenvalue weighted by atomic mass is 35.5. The van der Waals surface area contributed by atoms with E-state index >= 15 is 0 Å². The average molecular weight is 511 g/mol. The molecule has 3 N–H and O–H groups in total. The number of thiophene rings is 1. The number of benzene rings is 2. The lowest BCUT2D eigenvalue weighted by Gasteiger charge is -2.20. The number of aliphatic hydroxyl groups is 1. The monoisotopic (exact) mass is 510 g/mol. The quantitative estimate of drug-likeness (QED) is 0.434. The number of hydrogen-bond donors (Lipinski definition) is 2. The predicted octanol–water partition coefficient (Wildman–Crippen LogP) is 5.40. The molecule has 0 unspecified atom stereocenters. The Hall–Kier alpha value is -2.59. The minimum atomic E-state index is -3.40. The van der Waals surface area contributed by atoms with Crippen LogP contribution in [0.4, 0.5) is 14.5 Å². The Morgan fingerprint density at radius 3 is 2.42 bits per heavy atom. The molecule has 1 heterocycles. The van der Waals surface area contributed by atoms with Crippen LogP contribution in [0.5, 0.6) is 0 Å². The molecule has 5 nitrogen and oxygen atoms in total. The lowest BCUT2D eigenvalue weighted by molar-refractivity contribution is 0.118. The number of rotatable bonds is 6. The van der Waals surface area contributed by atoms with Gasteiger partial charge in [-0.25, -0.2) is 22.2 Å². The smallest absolute Gasteiger partial charge is 0.184 e. The van der Waals surface area contributed by atoms with E-state index in [1.165, 1.54) is 49.4 Å². The molecule has 0 aliphatic carbocycles. The van der Waals surface area contributed by atoms with Crippen molar-refractivity contribution in [2.24, 2.45) is 10.7 Å². The lowest BCUT2D eigenvalue weighted by Crippen LogP contribution is -2.30. The molecule has 2 aromatic carbocycles. The predicted molar refractivity (Wildman–Crippen MR) is 129 cm³/mol. The summed E-state index contributed by atoms with van der Waals surface area (Å²) in [6, 6.07) is 13.3. The van der Waals surface area contributed by atoms with E-state index in [4.69, 9.17) is 17.3 Å². The van der Waals surface area contributed by atoms with Gasteiger partial charge >= 0.3 is 0 Å². The van der Waals surface area contributed by atoms with Crippen molar-refractivity contribution in [3.63, 3.8) is 0 Å². The number of nitrogens with zero attached hydrogens (tertiary/aromatic N) is 1. The van der Waals surface area contributed by atoms with Crippen LogP contribution in [-0.2, 0) is 9.84 Å². The number of sulfone groups is 1. The fourth-order valence-electron chi connectivity index (χ4n) is 2.81. The molecule has 0 saturated heterocycles. The maximum Gasteiger partial charge on any atom is 0.184 e. The summed E-state index contributed by atoms with van der Waals surface area (Å²) in [5.41, 5.74) is 4.81. The molecule has 3 aromatic rings. The molecule has 0 amide bonds. The van der Waals surface area contributed by atoms with Gasteiger partial charge in [-0.2, -0.15) is 0 Å². The summed E-state index contributed by atoms with van der Waals surface area (Å²) in [6.07, 6.45) is 1.12. The van der Waals surface area contributed by atoms with Crippen molar-refractivity contribution in [1.82, 2.24) is 0 Å². The second-order valence-corrected chi connectivity index (χ2v) is 11.3. The fraction of sp³-hybridized carbons (Fsp3) is 0.174. The Bertz CT molecular complexity index is 1370. The summed E-state index contributed by atoms with van der Waals surface area (Å²) < 4.78 is 51.9. The number of nitrogens with two attached hydrogens (primary N) is 1. The zero-order valence-electron chi connectivity index (χ0n) is 17.9. The van der Waals surface area contributed by atoms with Gasteiger partial charge in [-0.05, 0) is 55.8 Å². The van der Waals surface area contributed by atoms with Gasteiger partial charge < -0.3 is 10.8 Å². The van der Waals surface area contributed by atoms with Gasteiger partial charge in [-0.3, -0.25) is 0 Å². The number of halogens is 3. The number of aliphatic imine (C=N–C) groups is 1. The van der Waals surface area contributed by atoms with Gasteiger partial charge in [0.05, 0.1) is 26.1 Å². The van der Waals surface area contributed by atoms with Crippen molar-refractivity contribution in [2.45, 2.75) is 24.3 Å². The van der Waals surface area contributed by atoms with E-state index in [0.29, 0.717) is 15.3 Å². The minimum absolute atomic E-state index is 0.0382. The van der Waals surface area contributed by atoms with Gasteiger partial charge in [-0.1, -0.05) is 29.8 Å². The molecule has 0 aliphatic rings. The van der Waals surface area contributed by atoms with Crippen molar-refractivity contribution in [1.29, 1.82) is 0 Å². The third-order valence-electron chi connectivity index (χ3n) is 4.65. The van der Waals surface area contributed by atoms with Crippen molar-refractivity contribution >= 4 is 44.2 Å². The maximum absolute atomic E-state index is 14.3. The molecule has 33 heavy (non-hydrogen) atoms. The Kier molecular flexibility index (Phi) is 7.09. The summed E-state index contributed by atoms with van der Waals surface area (Å²) in [7, 11) is -3.40. The summed E-state index contributed by atoms with van der Waals surface area (Å²) in [5.74, 6) is -2.23. The molecule has 10 heteroatoms. The van der Waals surface area contributed by atoms with Gasteiger partial charge in [0.25, 0.3) is 0 Å². The van der Waals surface area contributed by atoms with E-state index in [-0.39, 0.29) is 27.0 Å². The summed E-state index contributed by atoms with van der Waals surface area (Å²) in [5, 5.41) is 10.2. The van der Waals surface area contributed by atoms with Crippen LogP contribution in [0, 0.1) is 11.6 Å². The first kappa shape index (κ1) is 25.0. The van der Waals surface area contributed by atoms with E-state index in [9.17, 15) is 22.3 Å². The van der Waals surface area contributed by atoms with Crippen LogP contribution in [-0.4, -0.2) is 31.1 Å². The Labute approximate surface area is 199 Å². The van der Waals surface area contributed by atoms with Crippen LogP contribution in [0.25, 0.3) is 10.4 Å². The minimum Gasteiger partial charge on any atom is -0.398 e. The topological polar surface area (TPSA) is 92.8 Å². The normalized spacial score (nSPS) is 13.7. The van der Waals surface area contributed by atoms with Crippen LogP contribution in [0.3, 0.4) is 0 Å².